The molecule has 5 rings (SSSR count). The van der Waals surface area contributed by atoms with Crippen LogP contribution in [0.5, 0.6) is 0 Å². The highest BCUT2D eigenvalue weighted by Gasteiger charge is 2.14. The molecule has 0 atom stereocenters. The molecule has 33 heavy (non-hydrogen) atoms. The summed E-state index contributed by atoms with van der Waals surface area (Å²) in [4.78, 5) is 17.5. The van der Waals surface area contributed by atoms with Crippen molar-refractivity contribution in [1.29, 1.82) is 0 Å². The molecule has 1 saturated heterocycles. The Balaban J connectivity index is 1.40. The number of likely N-dealkylation sites (N-methyl/N-ethyl adjacent to an activating group) is 1. The van der Waals surface area contributed by atoms with E-state index in [1.165, 1.54) is 5.69 Å². The van der Waals surface area contributed by atoms with Crippen molar-refractivity contribution in [1.82, 2.24) is 9.47 Å². The summed E-state index contributed by atoms with van der Waals surface area (Å²) in [5.41, 5.74) is 4.96. The van der Waals surface area contributed by atoms with Crippen LogP contribution in [0.4, 0.5) is 17.1 Å². The third-order valence-corrected chi connectivity index (χ3v) is 6.67. The van der Waals surface area contributed by atoms with Crippen molar-refractivity contribution in [2.45, 2.75) is 6.54 Å². The van der Waals surface area contributed by atoms with Crippen molar-refractivity contribution < 1.29 is 0 Å². The van der Waals surface area contributed by atoms with Crippen molar-refractivity contribution in [3.63, 3.8) is 0 Å². The van der Waals surface area contributed by atoms with Crippen LogP contribution < -0.4 is 15.8 Å². The minimum atomic E-state index is -0.0453. The Morgan fingerprint density at radius 1 is 0.848 bits per heavy atom. The molecule has 6 heteroatoms. The Hall–Kier alpha value is -3.28. The van der Waals surface area contributed by atoms with Crippen molar-refractivity contribution >= 4 is 39.6 Å². The quantitative estimate of drug-likeness (QED) is 0.446. The molecule has 0 radical (unpaired) electrons. The fourth-order valence-electron chi connectivity index (χ4n) is 4.31. The summed E-state index contributed by atoms with van der Waals surface area (Å²) < 4.78 is 1.78. The molecule has 3 aromatic carbocycles. The van der Waals surface area contributed by atoms with Crippen LogP contribution in [-0.4, -0.2) is 42.7 Å². The molecular formula is C27H27ClN4O. The molecule has 0 bridgehead atoms. The van der Waals surface area contributed by atoms with Gasteiger partial charge in [-0.2, -0.15) is 0 Å². The van der Waals surface area contributed by atoms with Crippen LogP contribution in [0, 0.1) is 0 Å². The molecule has 2 heterocycles. The van der Waals surface area contributed by atoms with Crippen LogP contribution in [0.1, 0.15) is 5.56 Å². The highest BCUT2D eigenvalue weighted by atomic mass is 35.5. The van der Waals surface area contributed by atoms with Gasteiger partial charge in [0, 0.05) is 54.3 Å². The molecule has 0 spiro atoms. The van der Waals surface area contributed by atoms with Crippen LogP contribution in [0.15, 0.2) is 83.7 Å². The van der Waals surface area contributed by atoms with E-state index in [1.807, 2.05) is 48.5 Å². The summed E-state index contributed by atoms with van der Waals surface area (Å²) >= 11 is 6.36. The number of aromatic nitrogens is 1. The van der Waals surface area contributed by atoms with Gasteiger partial charge in [0.25, 0.3) is 5.56 Å². The molecular weight excluding hydrogens is 432 g/mol. The molecule has 1 aliphatic heterocycles. The van der Waals surface area contributed by atoms with Gasteiger partial charge in [0.1, 0.15) is 0 Å². The maximum atomic E-state index is 12.7. The number of benzene rings is 3. The first-order valence-corrected chi connectivity index (χ1v) is 11.6. The molecule has 168 valence electrons. The zero-order valence-electron chi connectivity index (χ0n) is 18.7. The second kappa shape index (κ2) is 9.30. The summed E-state index contributed by atoms with van der Waals surface area (Å²) in [5, 5.41) is 5.16. The zero-order chi connectivity index (χ0) is 22.8. The number of rotatable bonds is 5. The second-order valence-corrected chi connectivity index (χ2v) is 8.99. The maximum Gasteiger partial charge on any atom is 0.251 e. The molecule has 0 unspecified atom stereocenters. The summed E-state index contributed by atoms with van der Waals surface area (Å²) in [6.07, 6.45) is 0. The Morgan fingerprint density at radius 2 is 1.55 bits per heavy atom. The number of anilines is 3. The predicted octanol–water partition coefficient (Wildman–Crippen LogP) is 5.20. The standard InChI is InChI=1S/C27H27ClN4O/c1-30-14-16-31(17-15-30)24-11-9-22(10-12-24)29-23-8-6-20-7-13-27(33)32(26(20)18-23)19-21-4-2-3-5-25(21)28/h2-13,18,29H,14-17,19H2,1H3. The molecule has 0 amide bonds. The van der Waals surface area contributed by atoms with Crippen LogP contribution in [0.3, 0.4) is 0 Å². The van der Waals surface area contributed by atoms with Gasteiger partial charge in [-0.05, 0) is 66.5 Å². The molecule has 4 aromatic rings. The molecule has 1 fully saturated rings. The topological polar surface area (TPSA) is 40.5 Å². The highest BCUT2D eigenvalue weighted by Crippen LogP contribution is 2.25. The van der Waals surface area contributed by atoms with E-state index >= 15 is 0 Å². The lowest BCUT2D eigenvalue weighted by Gasteiger charge is -2.34. The average Bonchev–Trinajstić information content (AvgIpc) is 2.83. The van der Waals surface area contributed by atoms with Crippen LogP contribution in [0.2, 0.25) is 5.02 Å². The van der Waals surface area contributed by atoms with Gasteiger partial charge in [0.15, 0.2) is 0 Å². The van der Waals surface area contributed by atoms with E-state index in [9.17, 15) is 4.79 Å². The molecule has 1 aromatic heterocycles. The van der Waals surface area contributed by atoms with E-state index in [4.69, 9.17) is 11.6 Å². The lowest BCUT2D eigenvalue weighted by atomic mass is 10.1. The summed E-state index contributed by atoms with van der Waals surface area (Å²) in [7, 11) is 2.17. The maximum absolute atomic E-state index is 12.7. The van der Waals surface area contributed by atoms with Gasteiger partial charge in [-0.25, -0.2) is 0 Å². The van der Waals surface area contributed by atoms with E-state index in [1.54, 1.807) is 10.6 Å². The third-order valence-electron chi connectivity index (χ3n) is 6.30. The van der Waals surface area contributed by atoms with Gasteiger partial charge in [0.2, 0.25) is 0 Å². The fraction of sp³-hybridized carbons (Fsp3) is 0.222. The van der Waals surface area contributed by atoms with E-state index in [2.05, 4.69) is 46.4 Å². The zero-order valence-corrected chi connectivity index (χ0v) is 19.4. The van der Waals surface area contributed by atoms with E-state index < -0.39 is 0 Å². The number of hydrogen-bond donors (Lipinski definition) is 1. The summed E-state index contributed by atoms with van der Waals surface area (Å²) in [6.45, 7) is 4.72. The summed E-state index contributed by atoms with van der Waals surface area (Å²) in [5.74, 6) is 0. The molecule has 1 N–H and O–H groups in total. The Labute approximate surface area is 198 Å². The molecule has 0 aliphatic carbocycles. The largest absolute Gasteiger partial charge is 0.369 e. The lowest BCUT2D eigenvalue weighted by molar-refractivity contribution is 0.313. The minimum absolute atomic E-state index is 0.0453. The van der Waals surface area contributed by atoms with E-state index in [0.29, 0.717) is 11.6 Å². The highest BCUT2D eigenvalue weighted by molar-refractivity contribution is 6.31. The van der Waals surface area contributed by atoms with Gasteiger partial charge < -0.3 is 19.7 Å². The lowest BCUT2D eigenvalue weighted by Crippen LogP contribution is -2.44. The molecule has 0 saturated carbocycles. The average molecular weight is 459 g/mol. The van der Waals surface area contributed by atoms with Crippen LogP contribution in [0.25, 0.3) is 10.9 Å². The Bertz CT molecular complexity index is 1320. The number of nitrogens with zero attached hydrogens (tertiary/aromatic N) is 3. The smallest absolute Gasteiger partial charge is 0.251 e. The SMILES string of the molecule is CN1CCN(c2ccc(Nc3ccc4ccc(=O)n(Cc5ccccc5Cl)c4c3)cc2)CC1. The van der Waals surface area contributed by atoms with Crippen molar-refractivity contribution in [2.75, 3.05) is 43.4 Å². The number of halogens is 1. The number of fused-ring (bicyclic) bond motifs is 1. The van der Waals surface area contributed by atoms with Crippen molar-refractivity contribution in [3.8, 4) is 0 Å². The second-order valence-electron chi connectivity index (χ2n) is 8.58. The van der Waals surface area contributed by atoms with E-state index in [-0.39, 0.29) is 5.56 Å². The third kappa shape index (κ3) is 4.75. The van der Waals surface area contributed by atoms with Gasteiger partial charge in [-0.3, -0.25) is 4.79 Å². The monoisotopic (exact) mass is 458 g/mol. The summed E-state index contributed by atoms with van der Waals surface area (Å²) in [6, 6.07) is 25.8. The number of piperazine rings is 1. The Kier molecular flexibility index (Phi) is 6.07. The van der Waals surface area contributed by atoms with Gasteiger partial charge in [0.05, 0.1) is 12.1 Å². The van der Waals surface area contributed by atoms with Crippen molar-refractivity contribution in [3.05, 3.63) is 99.8 Å². The minimum Gasteiger partial charge on any atom is -0.369 e. The van der Waals surface area contributed by atoms with Crippen LogP contribution >= 0.6 is 11.6 Å². The fourth-order valence-corrected chi connectivity index (χ4v) is 4.51. The van der Waals surface area contributed by atoms with Gasteiger partial charge >= 0.3 is 0 Å². The van der Waals surface area contributed by atoms with Gasteiger partial charge in [-0.15, -0.1) is 0 Å². The molecule has 1 aliphatic rings. The number of pyridine rings is 1. The first-order valence-electron chi connectivity index (χ1n) is 11.2. The number of hydrogen-bond acceptors (Lipinski definition) is 4. The van der Waals surface area contributed by atoms with E-state index in [0.717, 1.165) is 54.0 Å². The Morgan fingerprint density at radius 3 is 2.30 bits per heavy atom. The van der Waals surface area contributed by atoms with Crippen LogP contribution in [-0.2, 0) is 6.54 Å². The normalized spacial score (nSPS) is 14.5. The van der Waals surface area contributed by atoms with Crippen molar-refractivity contribution in [2.24, 2.45) is 0 Å². The number of nitrogens with one attached hydrogen (secondary N) is 1. The first kappa shape index (κ1) is 21.6. The first-order chi connectivity index (χ1) is 16.1. The molecule has 5 nitrogen and oxygen atoms in total. The van der Waals surface area contributed by atoms with Gasteiger partial charge in [-0.1, -0.05) is 35.9 Å². The predicted molar refractivity (Wildman–Crippen MR) is 138 cm³/mol.